The van der Waals surface area contributed by atoms with E-state index >= 15 is 0 Å². The van der Waals surface area contributed by atoms with E-state index in [1.54, 1.807) is 18.4 Å². The van der Waals surface area contributed by atoms with E-state index in [0.717, 1.165) is 24.1 Å². The molecule has 3 heteroatoms. The van der Waals surface area contributed by atoms with Crippen LogP contribution in [0.5, 0.6) is 0 Å². The van der Waals surface area contributed by atoms with E-state index in [-0.39, 0.29) is 5.82 Å². The van der Waals surface area contributed by atoms with Crippen LogP contribution in [0.15, 0.2) is 34.9 Å². The summed E-state index contributed by atoms with van der Waals surface area (Å²) in [5, 5.41) is 0. The maximum absolute atomic E-state index is 12.9. The van der Waals surface area contributed by atoms with E-state index in [4.69, 9.17) is 4.42 Å². The third kappa shape index (κ3) is 5.63. The van der Waals surface area contributed by atoms with Crippen LogP contribution in [0.25, 0.3) is 11.5 Å². The lowest BCUT2D eigenvalue weighted by Crippen LogP contribution is -1.87. The van der Waals surface area contributed by atoms with Gasteiger partial charge >= 0.3 is 0 Å². The Morgan fingerprint density at radius 1 is 0.909 bits per heavy atom. The Labute approximate surface area is 132 Å². The summed E-state index contributed by atoms with van der Waals surface area (Å²) in [6.07, 6.45) is 13.2. The van der Waals surface area contributed by atoms with Crippen molar-refractivity contribution in [1.82, 2.24) is 4.98 Å². The molecule has 0 spiro atoms. The van der Waals surface area contributed by atoms with Gasteiger partial charge in [0, 0.05) is 5.56 Å². The zero-order valence-electron chi connectivity index (χ0n) is 13.5. The molecule has 0 aliphatic carbocycles. The number of unbranched alkanes of at least 4 members (excludes halogenated alkanes) is 7. The lowest BCUT2D eigenvalue weighted by atomic mass is 10.1. The molecule has 0 atom stereocenters. The molecule has 0 aliphatic heterocycles. The van der Waals surface area contributed by atoms with Crippen LogP contribution >= 0.6 is 0 Å². The van der Waals surface area contributed by atoms with Gasteiger partial charge in [0.1, 0.15) is 12.1 Å². The quantitative estimate of drug-likeness (QED) is 0.491. The van der Waals surface area contributed by atoms with E-state index in [9.17, 15) is 4.39 Å². The first-order valence-electron chi connectivity index (χ1n) is 8.50. The average Bonchev–Trinajstić information content (AvgIpc) is 2.99. The Hall–Kier alpha value is -1.64. The molecule has 1 aromatic heterocycles. The van der Waals surface area contributed by atoms with Gasteiger partial charge in [0.2, 0.25) is 5.89 Å². The van der Waals surface area contributed by atoms with Gasteiger partial charge < -0.3 is 4.42 Å². The van der Waals surface area contributed by atoms with Gasteiger partial charge in [-0.15, -0.1) is 0 Å². The fourth-order valence-corrected chi connectivity index (χ4v) is 2.59. The number of aromatic nitrogens is 1. The summed E-state index contributed by atoms with van der Waals surface area (Å²) in [6, 6.07) is 6.25. The Morgan fingerprint density at radius 3 is 2.23 bits per heavy atom. The molecule has 0 unspecified atom stereocenters. The van der Waals surface area contributed by atoms with Crippen molar-refractivity contribution in [3.63, 3.8) is 0 Å². The van der Waals surface area contributed by atoms with Crippen molar-refractivity contribution >= 4 is 0 Å². The van der Waals surface area contributed by atoms with Crippen molar-refractivity contribution in [2.75, 3.05) is 0 Å². The molecule has 0 amide bonds. The normalized spacial score (nSPS) is 11.0. The highest BCUT2D eigenvalue weighted by atomic mass is 19.1. The highest BCUT2D eigenvalue weighted by Gasteiger charge is 2.06. The summed E-state index contributed by atoms with van der Waals surface area (Å²) >= 11 is 0. The van der Waals surface area contributed by atoms with Crippen LogP contribution in [0.4, 0.5) is 4.39 Å². The second-order valence-corrected chi connectivity index (χ2v) is 5.88. The van der Waals surface area contributed by atoms with Gasteiger partial charge in [-0.05, 0) is 37.1 Å². The zero-order chi connectivity index (χ0) is 15.6. The summed E-state index contributed by atoms with van der Waals surface area (Å²) in [5.74, 6) is 0.337. The average molecular weight is 303 g/mol. The lowest BCUT2D eigenvalue weighted by molar-refractivity contribution is 0.564. The number of hydrogen-bond acceptors (Lipinski definition) is 2. The van der Waals surface area contributed by atoms with Gasteiger partial charge in [-0.25, -0.2) is 9.37 Å². The van der Waals surface area contributed by atoms with Crippen LogP contribution in [0.3, 0.4) is 0 Å². The molecule has 0 saturated heterocycles. The summed E-state index contributed by atoms with van der Waals surface area (Å²) in [5.41, 5.74) is 1.81. The Morgan fingerprint density at radius 2 is 1.55 bits per heavy atom. The summed E-state index contributed by atoms with van der Waals surface area (Å²) in [7, 11) is 0. The van der Waals surface area contributed by atoms with Crippen molar-refractivity contribution < 1.29 is 8.81 Å². The van der Waals surface area contributed by atoms with Crippen LogP contribution < -0.4 is 0 Å². The van der Waals surface area contributed by atoms with Crippen LogP contribution in [0, 0.1) is 5.82 Å². The highest BCUT2D eigenvalue weighted by Crippen LogP contribution is 2.20. The Balaban J connectivity index is 1.66. The molecule has 22 heavy (non-hydrogen) atoms. The van der Waals surface area contributed by atoms with Gasteiger partial charge in [-0.2, -0.15) is 0 Å². The molecule has 0 aliphatic rings. The largest absolute Gasteiger partial charge is 0.444 e. The van der Waals surface area contributed by atoms with Crippen LogP contribution in [0.2, 0.25) is 0 Å². The number of oxazole rings is 1. The molecule has 120 valence electrons. The molecule has 2 rings (SSSR count). The zero-order valence-corrected chi connectivity index (χ0v) is 13.5. The van der Waals surface area contributed by atoms with Crippen LogP contribution in [-0.4, -0.2) is 4.98 Å². The minimum Gasteiger partial charge on any atom is -0.444 e. The van der Waals surface area contributed by atoms with Gasteiger partial charge in [0.05, 0.1) is 5.69 Å². The molecule has 0 radical (unpaired) electrons. The third-order valence-corrected chi connectivity index (χ3v) is 3.93. The third-order valence-electron chi connectivity index (χ3n) is 3.93. The fraction of sp³-hybridized carbons (Fsp3) is 0.526. The van der Waals surface area contributed by atoms with Gasteiger partial charge in [-0.3, -0.25) is 0 Å². The standard InChI is InChI=1S/C19H26FNO/c1-2-3-4-5-6-7-8-9-10-18-15-22-19(21-18)16-11-13-17(20)14-12-16/h11-15H,2-10H2,1H3. The maximum Gasteiger partial charge on any atom is 0.226 e. The first kappa shape index (κ1) is 16.7. The van der Waals surface area contributed by atoms with Gasteiger partial charge in [0.15, 0.2) is 0 Å². The summed E-state index contributed by atoms with van der Waals surface area (Å²) in [4.78, 5) is 4.48. The predicted molar refractivity (Wildman–Crippen MR) is 88.2 cm³/mol. The molecule has 0 bridgehead atoms. The van der Waals surface area contributed by atoms with E-state index in [1.807, 2.05) is 0 Å². The minimum absolute atomic E-state index is 0.241. The minimum atomic E-state index is -0.241. The predicted octanol–water partition coefficient (Wildman–Crippen LogP) is 6.16. The monoisotopic (exact) mass is 303 g/mol. The fourth-order valence-electron chi connectivity index (χ4n) is 2.59. The first-order chi connectivity index (χ1) is 10.8. The van der Waals surface area contributed by atoms with Crippen molar-refractivity contribution in [1.29, 1.82) is 0 Å². The second kappa shape index (κ2) is 9.39. The number of aryl methyl sites for hydroxylation is 1. The number of benzene rings is 1. The van der Waals surface area contributed by atoms with E-state index in [0.29, 0.717) is 5.89 Å². The SMILES string of the molecule is CCCCCCCCCCc1coc(-c2ccc(F)cc2)n1. The second-order valence-electron chi connectivity index (χ2n) is 5.88. The summed E-state index contributed by atoms with van der Waals surface area (Å²) in [6.45, 7) is 2.25. The Bertz CT molecular complexity index is 533. The van der Waals surface area contributed by atoms with Crippen molar-refractivity contribution in [3.05, 3.63) is 42.0 Å². The molecule has 2 nitrogen and oxygen atoms in total. The molecule has 0 fully saturated rings. The number of halogens is 1. The van der Waals surface area contributed by atoms with E-state index in [2.05, 4.69) is 11.9 Å². The van der Waals surface area contributed by atoms with Crippen LogP contribution in [0.1, 0.15) is 64.0 Å². The smallest absolute Gasteiger partial charge is 0.226 e. The molecule has 2 aromatic rings. The van der Waals surface area contributed by atoms with E-state index < -0.39 is 0 Å². The number of nitrogens with zero attached hydrogens (tertiary/aromatic N) is 1. The number of hydrogen-bond donors (Lipinski definition) is 0. The molecule has 1 aromatic carbocycles. The van der Waals surface area contributed by atoms with Crippen molar-refractivity contribution in [3.8, 4) is 11.5 Å². The highest BCUT2D eigenvalue weighted by molar-refractivity contribution is 5.52. The first-order valence-corrected chi connectivity index (χ1v) is 8.50. The van der Waals surface area contributed by atoms with Crippen LogP contribution in [-0.2, 0) is 6.42 Å². The summed E-state index contributed by atoms with van der Waals surface area (Å²) < 4.78 is 18.4. The van der Waals surface area contributed by atoms with Gasteiger partial charge in [-0.1, -0.05) is 51.9 Å². The van der Waals surface area contributed by atoms with Crippen molar-refractivity contribution in [2.45, 2.75) is 64.7 Å². The maximum atomic E-state index is 12.9. The van der Waals surface area contributed by atoms with E-state index in [1.165, 1.54) is 57.1 Å². The van der Waals surface area contributed by atoms with Crippen molar-refractivity contribution in [2.24, 2.45) is 0 Å². The molecule has 1 heterocycles. The Kier molecular flexibility index (Phi) is 7.14. The molecular formula is C19H26FNO. The molecular weight excluding hydrogens is 277 g/mol. The topological polar surface area (TPSA) is 26.0 Å². The number of rotatable bonds is 10. The van der Waals surface area contributed by atoms with Gasteiger partial charge in [0.25, 0.3) is 0 Å². The molecule has 0 saturated carbocycles. The lowest BCUT2D eigenvalue weighted by Gasteiger charge is -2.00. The molecule has 0 N–H and O–H groups in total.